The highest BCUT2D eigenvalue weighted by Gasteiger charge is 2.28. The Morgan fingerprint density at radius 1 is 1.56 bits per heavy atom. The average molecular weight is 220 g/mol. The lowest BCUT2D eigenvalue weighted by Crippen LogP contribution is -2.12. The van der Waals surface area contributed by atoms with Crippen molar-refractivity contribution in [3.05, 3.63) is 23.5 Å². The van der Waals surface area contributed by atoms with E-state index in [0.29, 0.717) is 0 Å². The molecule has 1 aliphatic rings. The number of anilines is 1. The summed E-state index contributed by atoms with van der Waals surface area (Å²) in [7, 11) is 4.02. The highest BCUT2D eigenvalue weighted by Crippen LogP contribution is 2.37. The van der Waals surface area contributed by atoms with Gasteiger partial charge in [-0.2, -0.15) is 0 Å². The van der Waals surface area contributed by atoms with Crippen LogP contribution >= 0.6 is 0 Å². The van der Waals surface area contributed by atoms with Gasteiger partial charge >= 0.3 is 5.97 Å². The maximum absolute atomic E-state index is 11.0. The minimum atomic E-state index is -0.241. The summed E-state index contributed by atoms with van der Waals surface area (Å²) in [6.45, 7) is 1.44. The van der Waals surface area contributed by atoms with E-state index in [-0.39, 0.29) is 12.1 Å². The summed E-state index contributed by atoms with van der Waals surface area (Å²) < 4.78 is 5.25. The number of hydrogen-bond acceptors (Lipinski definition) is 4. The number of rotatable bonds is 2. The van der Waals surface area contributed by atoms with Gasteiger partial charge < -0.3 is 9.64 Å². The molecule has 2 rings (SSSR count). The Morgan fingerprint density at radius 2 is 2.31 bits per heavy atom. The fourth-order valence-corrected chi connectivity index (χ4v) is 2.18. The van der Waals surface area contributed by atoms with Crippen molar-refractivity contribution in [2.45, 2.75) is 25.9 Å². The van der Waals surface area contributed by atoms with Gasteiger partial charge in [-0.15, -0.1) is 0 Å². The van der Waals surface area contributed by atoms with Crippen LogP contribution < -0.4 is 4.90 Å². The minimum Gasteiger partial charge on any atom is -0.456 e. The Morgan fingerprint density at radius 3 is 2.94 bits per heavy atom. The Hall–Kier alpha value is -1.58. The number of hydrogen-bond donors (Lipinski definition) is 0. The van der Waals surface area contributed by atoms with Crippen molar-refractivity contribution in [3.8, 4) is 0 Å². The van der Waals surface area contributed by atoms with Crippen LogP contribution in [0, 0.1) is 0 Å². The van der Waals surface area contributed by atoms with Crippen LogP contribution in [0.2, 0.25) is 0 Å². The molecule has 1 unspecified atom stereocenters. The number of ether oxygens (including phenoxy) is 1. The van der Waals surface area contributed by atoms with E-state index < -0.39 is 0 Å². The van der Waals surface area contributed by atoms with Gasteiger partial charge in [0.05, 0.1) is 5.69 Å². The predicted octanol–water partition coefficient (Wildman–Crippen LogP) is 1.70. The molecule has 1 aromatic heterocycles. The first-order valence-electron chi connectivity index (χ1n) is 5.42. The van der Waals surface area contributed by atoms with E-state index in [4.69, 9.17) is 4.74 Å². The van der Waals surface area contributed by atoms with E-state index in [0.717, 1.165) is 18.5 Å². The fourth-order valence-electron chi connectivity index (χ4n) is 2.18. The molecule has 0 spiro atoms. The van der Waals surface area contributed by atoms with Crippen LogP contribution in [0.25, 0.3) is 0 Å². The van der Waals surface area contributed by atoms with Crippen LogP contribution in [0.5, 0.6) is 0 Å². The van der Waals surface area contributed by atoms with Gasteiger partial charge in [-0.05, 0) is 18.9 Å². The van der Waals surface area contributed by atoms with E-state index >= 15 is 0 Å². The molecule has 4 heteroatoms. The molecule has 0 amide bonds. The molecule has 1 atom stereocenters. The quantitative estimate of drug-likeness (QED) is 0.711. The third-order valence-corrected chi connectivity index (χ3v) is 2.82. The topological polar surface area (TPSA) is 42.4 Å². The van der Waals surface area contributed by atoms with Crippen molar-refractivity contribution < 1.29 is 9.53 Å². The van der Waals surface area contributed by atoms with Crippen molar-refractivity contribution >= 4 is 11.7 Å². The number of nitrogens with zero attached hydrogens (tertiary/aromatic N) is 2. The monoisotopic (exact) mass is 220 g/mol. The second kappa shape index (κ2) is 4.12. The van der Waals surface area contributed by atoms with Gasteiger partial charge in [0, 0.05) is 38.5 Å². The first kappa shape index (κ1) is 10.9. The zero-order valence-electron chi connectivity index (χ0n) is 9.86. The Balaban J connectivity index is 2.34. The van der Waals surface area contributed by atoms with Crippen LogP contribution in [0.4, 0.5) is 5.69 Å². The van der Waals surface area contributed by atoms with Crippen LogP contribution in [0.3, 0.4) is 0 Å². The van der Waals surface area contributed by atoms with Crippen molar-refractivity contribution in [2.75, 3.05) is 19.0 Å². The van der Waals surface area contributed by atoms with Gasteiger partial charge in [-0.3, -0.25) is 9.78 Å². The zero-order valence-corrected chi connectivity index (χ0v) is 9.86. The van der Waals surface area contributed by atoms with Crippen molar-refractivity contribution in [3.63, 3.8) is 0 Å². The largest absolute Gasteiger partial charge is 0.456 e. The second-order valence-corrected chi connectivity index (χ2v) is 4.23. The van der Waals surface area contributed by atoms with Crippen molar-refractivity contribution in [1.29, 1.82) is 0 Å². The predicted molar refractivity (Wildman–Crippen MR) is 61.4 cm³/mol. The maximum atomic E-state index is 11.0. The molecule has 0 radical (unpaired) electrons. The average Bonchev–Trinajstić information content (AvgIpc) is 2.60. The summed E-state index contributed by atoms with van der Waals surface area (Å²) in [4.78, 5) is 17.4. The number of esters is 1. The third-order valence-electron chi connectivity index (χ3n) is 2.82. The van der Waals surface area contributed by atoms with Gasteiger partial charge in [0.2, 0.25) is 0 Å². The van der Waals surface area contributed by atoms with E-state index in [2.05, 4.69) is 9.88 Å². The summed E-state index contributed by atoms with van der Waals surface area (Å²) in [5, 5.41) is 0. The van der Waals surface area contributed by atoms with Crippen LogP contribution in [0.15, 0.2) is 12.3 Å². The molecular formula is C12H16N2O2. The molecule has 0 aromatic carbocycles. The molecule has 1 heterocycles. The van der Waals surface area contributed by atoms with Gasteiger partial charge in [-0.25, -0.2) is 0 Å². The molecule has 16 heavy (non-hydrogen) atoms. The molecule has 4 nitrogen and oxygen atoms in total. The molecule has 0 saturated heterocycles. The van der Waals surface area contributed by atoms with Gasteiger partial charge in [0.15, 0.2) is 0 Å². The van der Waals surface area contributed by atoms with Gasteiger partial charge in [0.1, 0.15) is 6.10 Å². The summed E-state index contributed by atoms with van der Waals surface area (Å²) >= 11 is 0. The molecule has 0 N–H and O–H groups in total. The zero-order chi connectivity index (χ0) is 11.7. The van der Waals surface area contributed by atoms with Crippen LogP contribution in [-0.2, 0) is 16.0 Å². The lowest BCUT2D eigenvalue weighted by molar-refractivity contribution is -0.146. The van der Waals surface area contributed by atoms with Crippen LogP contribution in [0.1, 0.15) is 30.7 Å². The maximum Gasteiger partial charge on any atom is 0.303 e. The number of pyridine rings is 1. The Bertz CT molecular complexity index is 415. The molecule has 1 aliphatic carbocycles. The lowest BCUT2D eigenvalue weighted by atomic mass is 10.1. The van der Waals surface area contributed by atoms with E-state index in [9.17, 15) is 4.79 Å². The molecule has 0 bridgehead atoms. The van der Waals surface area contributed by atoms with Gasteiger partial charge in [-0.1, -0.05) is 0 Å². The van der Waals surface area contributed by atoms with Crippen molar-refractivity contribution in [1.82, 2.24) is 4.98 Å². The summed E-state index contributed by atoms with van der Waals surface area (Å²) in [5.41, 5.74) is 3.29. The fraction of sp³-hybridized carbons (Fsp3) is 0.500. The first-order chi connectivity index (χ1) is 7.59. The van der Waals surface area contributed by atoms with Gasteiger partial charge in [0.25, 0.3) is 0 Å². The molecule has 1 aromatic rings. The van der Waals surface area contributed by atoms with E-state index in [1.54, 1.807) is 6.20 Å². The minimum absolute atomic E-state index is 0.160. The second-order valence-electron chi connectivity index (χ2n) is 4.23. The summed E-state index contributed by atoms with van der Waals surface area (Å²) in [6.07, 6.45) is 3.38. The molecule has 0 saturated carbocycles. The summed E-state index contributed by atoms with van der Waals surface area (Å²) in [6, 6.07) is 2.00. The first-order valence-corrected chi connectivity index (χ1v) is 5.42. The third kappa shape index (κ3) is 1.87. The Kier molecular flexibility index (Phi) is 2.81. The molecule has 0 aliphatic heterocycles. The van der Waals surface area contributed by atoms with Crippen molar-refractivity contribution in [2.24, 2.45) is 0 Å². The molecule has 0 fully saturated rings. The van der Waals surface area contributed by atoms with Crippen LogP contribution in [-0.4, -0.2) is 25.0 Å². The number of fused-ring (bicyclic) bond motifs is 1. The number of aromatic nitrogens is 1. The normalized spacial score (nSPS) is 18.1. The highest BCUT2D eigenvalue weighted by atomic mass is 16.5. The SMILES string of the molecule is CC(=O)OC1CCc2c(N(C)C)ccnc21. The lowest BCUT2D eigenvalue weighted by Gasteiger charge is -2.17. The smallest absolute Gasteiger partial charge is 0.303 e. The Labute approximate surface area is 95.2 Å². The van der Waals surface area contributed by atoms with E-state index in [1.165, 1.54) is 18.2 Å². The number of carbonyl (C=O) groups excluding carboxylic acids is 1. The number of carbonyl (C=O) groups is 1. The summed E-state index contributed by atoms with van der Waals surface area (Å²) in [5.74, 6) is -0.241. The molecule has 86 valence electrons. The highest BCUT2D eigenvalue weighted by molar-refractivity contribution is 5.67. The van der Waals surface area contributed by atoms with E-state index in [1.807, 2.05) is 20.2 Å². The standard InChI is InChI=1S/C12H16N2O2/c1-8(15)16-11-5-4-9-10(14(2)3)6-7-13-12(9)11/h6-7,11H,4-5H2,1-3H3. The molecular weight excluding hydrogens is 204 g/mol.